The van der Waals surface area contributed by atoms with Crippen LogP contribution in [0.2, 0.25) is 0 Å². The van der Waals surface area contributed by atoms with Gasteiger partial charge in [0, 0.05) is 37.2 Å². The average molecular weight is 337 g/mol. The highest BCUT2D eigenvalue weighted by molar-refractivity contribution is 5.94. The van der Waals surface area contributed by atoms with Gasteiger partial charge in [0.1, 0.15) is 0 Å². The maximum atomic E-state index is 12.2. The molecule has 23 heavy (non-hydrogen) atoms. The molecule has 7 heteroatoms. The van der Waals surface area contributed by atoms with E-state index in [1.807, 2.05) is 19.2 Å². The Hall–Kier alpha value is -1.92. The van der Waals surface area contributed by atoms with Gasteiger partial charge in [-0.25, -0.2) is 0 Å². The zero-order chi connectivity index (χ0) is 15.5. The molecule has 124 valence electrons. The van der Waals surface area contributed by atoms with Crippen molar-refractivity contribution in [2.24, 2.45) is 0 Å². The molecule has 1 aromatic heterocycles. The standard InChI is InChI=1S/C16H20N4O2.ClH/c1-17-9-10-20(2)16(21)13-7-5-12(6-8-13)15-18-14(19-22-15)11-3-4-11;/h5-8,11,17H,3-4,9-10H2,1-2H3;1H. The minimum absolute atomic E-state index is 0. The maximum absolute atomic E-state index is 12.2. The quantitative estimate of drug-likeness (QED) is 0.876. The highest BCUT2D eigenvalue weighted by atomic mass is 35.5. The van der Waals surface area contributed by atoms with Crippen molar-refractivity contribution in [2.45, 2.75) is 18.8 Å². The smallest absolute Gasteiger partial charge is 0.257 e. The monoisotopic (exact) mass is 336 g/mol. The molecule has 0 saturated heterocycles. The molecule has 6 nitrogen and oxygen atoms in total. The van der Waals surface area contributed by atoms with Crippen molar-refractivity contribution in [1.82, 2.24) is 20.4 Å². The Morgan fingerprint density at radius 3 is 2.65 bits per heavy atom. The van der Waals surface area contributed by atoms with Crippen LogP contribution in [-0.4, -0.2) is 48.1 Å². The molecule has 1 aliphatic rings. The van der Waals surface area contributed by atoms with Crippen LogP contribution >= 0.6 is 12.4 Å². The summed E-state index contributed by atoms with van der Waals surface area (Å²) in [7, 11) is 3.67. The van der Waals surface area contributed by atoms with Crippen molar-refractivity contribution >= 4 is 18.3 Å². The molecule has 0 spiro atoms. The summed E-state index contributed by atoms with van der Waals surface area (Å²) in [4.78, 5) is 18.4. The van der Waals surface area contributed by atoms with E-state index in [1.165, 1.54) is 0 Å². The van der Waals surface area contributed by atoms with E-state index in [2.05, 4.69) is 15.5 Å². The molecule has 1 amide bonds. The van der Waals surface area contributed by atoms with Crippen LogP contribution < -0.4 is 5.32 Å². The second-order valence-electron chi connectivity index (χ2n) is 5.64. The number of aromatic nitrogens is 2. The number of carbonyl (C=O) groups excluding carboxylic acids is 1. The molecule has 1 N–H and O–H groups in total. The number of rotatable bonds is 6. The molecule has 1 fully saturated rings. The van der Waals surface area contributed by atoms with E-state index in [0.29, 0.717) is 23.9 Å². The van der Waals surface area contributed by atoms with Crippen molar-refractivity contribution in [3.63, 3.8) is 0 Å². The summed E-state index contributed by atoms with van der Waals surface area (Å²) < 4.78 is 5.29. The predicted molar refractivity (Wildman–Crippen MR) is 89.8 cm³/mol. The first-order valence-electron chi connectivity index (χ1n) is 7.53. The Balaban J connectivity index is 0.00000192. The number of benzene rings is 1. The Morgan fingerprint density at radius 1 is 1.35 bits per heavy atom. The SMILES string of the molecule is CNCCN(C)C(=O)c1ccc(-c2nc(C3CC3)no2)cc1.Cl. The lowest BCUT2D eigenvalue weighted by Crippen LogP contribution is -2.32. The van der Waals surface area contributed by atoms with Gasteiger partial charge in [-0.3, -0.25) is 4.79 Å². The Kier molecular flexibility index (Phi) is 5.74. The summed E-state index contributed by atoms with van der Waals surface area (Å²) in [6.07, 6.45) is 2.29. The number of hydrogen-bond acceptors (Lipinski definition) is 5. The molecule has 0 atom stereocenters. The zero-order valence-corrected chi connectivity index (χ0v) is 14.1. The summed E-state index contributed by atoms with van der Waals surface area (Å²) >= 11 is 0. The van der Waals surface area contributed by atoms with Crippen LogP contribution in [-0.2, 0) is 0 Å². The lowest BCUT2D eigenvalue weighted by Gasteiger charge is -2.16. The van der Waals surface area contributed by atoms with E-state index in [4.69, 9.17) is 4.52 Å². The van der Waals surface area contributed by atoms with Crippen molar-refractivity contribution in [2.75, 3.05) is 27.2 Å². The van der Waals surface area contributed by atoms with Crippen LogP contribution in [0.4, 0.5) is 0 Å². The molecule has 0 unspecified atom stereocenters. The second kappa shape index (κ2) is 7.57. The van der Waals surface area contributed by atoms with E-state index in [-0.39, 0.29) is 18.3 Å². The number of hydrogen-bond donors (Lipinski definition) is 1. The number of carbonyl (C=O) groups is 1. The van der Waals surface area contributed by atoms with Gasteiger partial charge >= 0.3 is 0 Å². The third-order valence-electron chi connectivity index (χ3n) is 3.81. The van der Waals surface area contributed by atoms with Crippen molar-refractivity contribution in [1.29, 1.82) is 0 Å². The topological polar surface area (TPSA) is 71.3 Å². The zero-order valence-electron chi connectivity index (χ0n) is 13.3. The van der Waals surface area contributed by atoms with Crippen molar-refractivity contribution < 1.29 is 9.32 Å². The largest absolute Gasteiger partial charge is 0.340 e. The summed E-state index contributed by atoms with van der Waals surface area (Å²) in [5, 5.41) is 7.04. The van der Waals surface area contributed by atoms with Crippen LogP contribution in [0.3, 0.4) is 0 Å². The molecule has 1 aliphatic carbocycles. The molecule has 2 aromatic rings. The minimum atomic E-state index is 0. The van der Waals surface area contributed by atoms with Gasteiger partial charge in [0.25, 0.3) is 11.8 Å². The van der Waals surface area contributed by atoms with Gasteiger partial charge in [-0.15, -0.1) is 12.4 Å². The Morgan fingerprint density at radius 2 is 2.04 bits per heavy atom. The van der Waals surface area contributed by atoms with Gasteiger partial charge in [0.2, 0.25) is 0 Å². The summed E-state index contributed by atoms with van der Waals surface area (Å²) in [6, 6.07) is 7.30. The van der Waals surface area contributed by atoms with Crippen LogP contribution in [0, 0.1) is 0 Å². The molecule has 0 radical (unpaired) electrons. The fourth-order valence-corrected chi connectivity index (χ4v) is 2.22. The molecule has 0 bridgehead atoms. The molecule has 3 rings (SSSR count). The molecule has 0 aliphatic heterocycles. The van der Waals surface area contributed by atoms with E-state index in [1.54, 1.807) is 24.1 Å². The van der Waals surface area contributed by atoms with Crippen molar-refractivity contribution in [3.05, 3.63) is 35.7 Å². The second-order valence-corrected chi connectivity index (χ2v) is 5.64. The molecule has 1 heterocycles. The van der Waals surface area contributed by atoms with Crippen LogP contribution in [0.25, 0.3) is 11.5 Å². The van der Waals surface area contributed by atoms with Crippen LogP contribution in [0.5, 0.6) is 0 Å². The van der Waals surface area contributed by atoms with Gasteiger partial charge in [0.15, 0.2) is 5.82 Å². The molecular weight excluding hydrogens is 316 g/mol. The third-order valence-corrected chi connectivity index (χ3v) is 3.81. The number of likely N-dealkylation sites (N-methyl/N-ethyl adjacent to an activating group) is 2. The molecule has 1 aromatic carbocycles. The minimum Gasteiger partial charge on any atom is -0.340 e. The first-order valence-corrected chi connectivity index (χ1v) is 7.53. The fraction of sp³-hybridized carbons (Fsp3) is 0.438. The fourth-order valence-electron chi connectivity index (χ4n) is 2.22. The first-order chi connectivity index (χ1) is 10.7. The summed E-state index contributed by atoms with van der Waals surface area (Å²) in [6.45, 7) is 1.44. The van der Waals surface area contributed by atoms with Crippen LogP contribution in [0.15, 0.2) is 28.8 Å². The first kappa shape index (κ1) is 17.4. The third kappa shape index (κ3) is 4.09. The van der Waals surface area contributed by atoms with Gasteiger partial charge in [-0.1, -0.05) is 5.16 Å². The average Bonchev–Trinajstić information content (AvgIpc) is 3.29. The number of amides is 1. The highest BCUT2D eigenvalue weighted by Gasteiger charge is 2.29. The normalized spacial score (nSPS) is 13.5. The number of halogens is 1. The molecular formula is C16H21ClN4O2. The van der Waals surface area contributed by atoms with Gasteiger partial charge in [-0.2, -0.15) is 4.98 Å². The Labute approximate surface area is 141 Å². The van der Waals surface area contributed by atoms with E-state index < -0.39 is 0 Å². The molecule has 1 saturated carbocycles. The number of nitrogens with one attached hydrogen (secondary N) is 1. The van der Waals surface area contributed by atoms with Crippen molar-refractivity contribution in [3.8, 4) is 11.5 Å². The summed E-state index contributed by atoms with van der Waals surface area (Å²) in [5.41, 5.74) is 1.50. The van der Waals surface area contributed by atoms with Crippen LogP contribution in [0.1, 0.15) is 34.9 Å². The van der Waals surface area contributed by atoms with E-state index in [0.717, 1.165) is 30.8 Å². The summed E-state index contributed by atoms with van der Waals surface area (Å²) in [5.74, 6) is 1.79. The Bertz CT molecular complexity index is 652. The van der Waals surface area contributed by atoms with E-state index in [9.17, 15) is 4.79 Å². The predicted octanol–water partition coefficient (Wildman–Crippen LogP) is 2.33. The van der Waals surface area contributed by atoms with Gasteiger partial charge in [0.05, 0.1) is 0 Å². The highest BCUT2D eigenvalue weighted by Crippen LogP contribution is 2.38. The number of nitrogens with zero attached hydrogens (tertiary/aromatic N) is 3. The lowest BCUT2D eigenvalue weighted by molar-refractivity contribution is 0.0797. The maximum Gasteiger partial charge on any atom is 0.257 e. The van der Waals surface area contributed by atoms with Gasteiger partial charge < -0.3 is 14.7 Å². The van der Waals surface area contributed by atoms with Gasteiger partial charge in [-0.05, 0) is 44.2 Å². The van der Waals surface area contributed by atoms with E-state index >= 15 is 0 Å². The lowest BCUT2D eigenvalue weighted by atomic mass is 10.1.